The zero-order valence-corrected chi connectivity index (χ0v) is 13.0. The SMILES string of the molecule is COC(=O)c1ccc(N2CCOC(c3ccco3)C2)nc1OC. The molecular formula is C16H18N2O5. The summed E-state index contributed by atoms with van der Waals surface area (Å²) in [4.78, 5) is 18.2. The van der Waals surface area contributed by atoms with Gasteiger partial charge in [-0.05, 0) is 24.3 Å². The second-order valence-electron chi connectivity index (χ2n) is 5.04. The van der Waals surface area contributed by atoms with Crippen molar-refractivity contribution in [2.24, 2.45) is 0 Å². The molecule has 1 saturated heterocycles. The third kappa shape index (κ3) is 3.14. The van der Waals surface area contributed by atoms with Gasteiger partial charge in [-0.1, -0.05) is 0 Å². The number of rotatable bonds is 4. The Kier molecular flexibility index (Phi) is 4.47. The number of ether oxygens (including phenoxy) is 3. The topological polar surface area (TPSA) is 74.0 Å². The Morgan fingerprint density at radius 2 is 2.22 bits per heavy atom. The van der Waals surface area contributed by atoms with E-state index in [0.717, 1.165) is 5.76 Å². The normalized spacial score (nSPS) is 17.8. The molecule has 2 aromatic heterocycles. The molecule has 1 fully saturated rings. The molecule has 1 aliphatic rings. The fraction of sp³-hybridized carbons (Fsp3) is 0.375. The minimum absolute atomic E-state index is 0.146. The molecule has 122 valence electrons. The van der Waals surface area contributed by atoms with Gasteiger partial charge in [-0.15, -0.1) is 0 Å². The molecular weight excluding hydrogens is 300 g/mol. The molecule has 1 aliphatic heterocycles. The van der Waals surface area contributed by atoms with Crippen molar-refractivity contribution < 1.29 is 23.4 Å². The Morgan fingerprint density at radius 1 is 1.35 bits per heavy atom. The van der Waals surface area contributed by atoms with E-state index in [1.54, 1.807) is 18.4 Å². The lowest BCUT2D eigenvalue weighted by Crippen LogP contribution is -2.38. The summed E-state index contributed by atoms with van der Waals surface area (Å²) >= 11 is 0. The Hall–Kier alpha value is -2.54. The number of aromatic nitrogens is 1. The van der Waals surface area contributed by atoms with Gasteiger partial charge in [0.2, 0.25) is 5.88 Å². The van der Waals surface area contributed by atoms with Gasteiger partial charge in [0, 0.05) is 6.54 Å². The van der Waals surface area contributed by atoms with Crippen LogP contribution in [0, 0.1) is 0 Å². The van der Waals surface area contributed by atoms with Crippen molar-refractivity contribution >= 4 is 11.8 Å². The van der Waals surface area contributed by atoms with Gasteiger partial charge < -0.3 is 23.5 Å². The molecule has 0 bridgehead atoms. The number of morpholine rings is 1. The Labute approximate surface area is 133 Å². The van der Waals surface area contributed by atoms with Gasteiger partial charge in [0.1, 0.15) is 23.2 Å². The van der Waals surface area contributed by atoms with Crippen LogP contribution in [0.1, 0.15) is 22.2 Å². The second-order valence-corrected chi connectivity index (χ2v) is 5.04. The number of methoxy groups -OCH3 is 2. The standard InChI is InChI=1S/C16H18N2O5/c1-20-15-11(16(19)21-2)5-6-14(17-15)18-7-9-23-13(10-18)12-4-3-8-22-12/h3-6,8,13H,7,9-10H2,1-2H3. The van der Waals surface area contributed by atoms with Gasteiger partial charge in [0.25, 0.3) is 0 Å². The zero-order valence-electron chi connectivity index (χ0n) is 13.0. The van der Waals surface area contributed by atoms with Crippen LogP contribution in [0.3, 0.4) is 0 Å². The van der Waals surface area contributed by atoms with Crippen LogP contribution < -0.4 is 9.64 Å². The number of hydrogen-bond acceptors (Lipinski definition) is 7. The van der Waals surface area contributed by atoms with Gasteiger partial charge >= 0.3 is 5.97 Å². The van der Waals surface area contributed by atoms with Gasteiger partial charge in [-0.2, -0.15) is 4.98 Å². The Bertz CT molecular complexity index is 671. The third-order valence-electron chi connectivity index (χ3n) is 3.70. The largest absolute Gasteiger partial charge is 0.480 e. The van der Waals surface area contributed by atoms with Crippen LogP contribution in [-0.2, 0) is 9.47 Å². The summed E-state index contributed by atoms with van der Waals surface area (Å²) in [7, 11) is 2.80. The first-order chi connectivity index (χ1) is 11.2. The minimum atomic E-state index is -0.476. The van der Waals surface area contributed by atoms with Crippen molar-refractivity contribution in [1.29, 1.82) is 0 Å². The van der Waals surface area contributed by atoms with E-state index in [-0.39, 0.29) is 12.0 Å². The number of esters is 1. The number of nitrogens with zero attached hydrogens (tertiary/aromatic N) is 2. The highest BCUT2D eigenvalue weighted by Crippen LogP contribution is 2.27. The van der Waals surface area contributed by atoms with Crippen LogP contribution in [0.15, 0.2) is 34.9 Å². The maximum atomic E-state index is 11.7. The second kappa shape index (κ2) is 6.70. The van der Waals surface area contributed by atoms with E-state index < -0.39 is 5.97 Å². The molecule has 0 spiro atoms. The molecule has 1 atom stereocenters. The van der Waals surface area contributed by atoms with E-state index in [1.807, 2.05) is 12.1 Å². The molecule has 23 heavy (non-hydrogen) atoms. The predicted octanol–water partition coefficient (Wildman–Crippen LogP) is 2.05. The number of furan rings is 1. The Morgan fingerprint density at radius 3 is 2.91 bits per heavy atom. The lowest BCUT2D eigenvalue weighted by atomic mass is 10.2. The molecule has 2 aromatic rings. The summed E-state index contributed by atoms with van der Waals surface area (Å²) in [5.41, 5.74) is 0.301. The van der Waals surface area contributed by atoms with E-state index >= 15 is 0 Å². The monoisotopic (exact) mass is 318 g/mol. The van der Waals surface area contributed by atoms with E-state index in [2.05, 4.69) is 9.88 Å². The quantitative estimate of drug-likeness (QED) is 0.799. The number of carbonyl (C=O) groups is 1. The first-order valence-corrected chi connectivity index (χ1v) is 7.26. The molecule has 0 N–H and O–H groups in total. The average Bonchev–Trinajstić information content (AvgIpc) is 3.15. The van der Waals surface area contributed by atoms with Gasteiger partial charge in [-0.25, -0.2) is 4.79 Å². The maximum absolute atomic E-state index is 11.7. The molecule has 7 heteroatoms. The predicted molar refractivity (Wildman–Crippen MR) is 81.7 cm³/mol. The highest BCUT2D eigenvalue weighted by molar-refractivity contribution is 5.92. The van der Waals surface area contributed by atoms with E-state index in [1.165, 1.54) is 14.2 Å². The molecule has 0 aliphatic carbocycles. The Balaban J connectivity index is 1.82. The highest BCUT2D eigenvalue weighted by atomic mass is 16.5. The van der Waals surface area contributed by atoms with Crippen LogP contribution in [0.4, 0.5) is 5.82 Å². The lowest BCUT2D eigenvalue weighted by Gasteiger charge is -2.33. The maximum Gasteiger partial charge on any atom is 0.343 e. The minimum Gasteiger partial charge on any atom is -0.480 e. The molecule has 0 aromatic carbocycles. The molecule has 3 rings (SSSR count). The van der Waals surface area contributed by atoms with E-state index in [9.17, 15) is 4.79 Å². The van der Waals surface area contributed by atoms with Crippen molar-refractivity contribution in [3.63, 3.8) is 0 Å². The van der Waals surface area contributed by atoms with Crippen LogP contribution in [-0.4, -0.2) is 44.9 Å². The first-order valence-electron chi connectivity index (χ1n) is 7.26. The molecule has 0 radical (unpaired) electrons. The van der Waals surface area contributed by atoms with Gasteiger partial charge in [0.05, 0.1) is 33.6 Å². The molecule has 7 nitrogen and oxygen atoms in total. The number of pyridine rings is 1. The zero-order chi connectivity index (χ0) is 16.2. The summed E-state index contributed by atoms with van der Waals surface area (Å²) in [6.07, 6.45) is 1.48. The van der Waals surface area contributed by atoms with Gasteiger partial charge in [0.15, 0.2) is 0 Å². The number of anilines is 1. The summed E-state index contributed by atoms with van der Waals surface area (Å²) < 4.78 is 21.1. The van der Waals surface area contributed by atoms with Crippen LogP contribution in [0.25, 0.3) is 0 Å². The average molecular weight is 318 g/mol. The molecule has 1 unspecified atom stereocenters. The third-order valence-corrected chi connectivity index (χ3v) is 3.70. The van der Waals surface area contributed by atoms with Gasteiger partial charge in [-0.3, -0.25) is 0 Å². The molecule has 0 amide bonds. The molecule has 0 saturated carbocycles. The summed E-state index contributed by atoms with van der Waals surface area (Å²) in [5, 5.41) is 0. The summed E-state index contributed by atoms with van der Waals surface area (Å²) in [5.74, 6) is 1.27. The van der Waals surface area contributed by atoms with Crippen molar-refractivity contribution in [3.8, 4) is 5.88 Å². The lowest BCUT2D eigenvalue weighted by molar-refractivity contribution is 0.0254. The highest BCUT2D eigenvalue weighted by Gasteiger charge is 2.26. The van der Waals surface area contributed by atoms with Crippen molar-refractivity contribution in [2.45, 2.75) is 6.10 Å². The molecule has 3 heterocycles. The number of carbonyl (C=O) groups excluding carboxylic acids is 1. The van der Waals surface area contributed by atoms with Crippen LogP contribution in [0.2, 0.25) is 0 Å². The van der Waals surface area contributed by atoms with Crippen molar-refractivity contribution in [3.05, 3.63) is 41.9 Å². The fourth-order valence-corrected chi connectivity index (χ4v) is 2.53. The van der Waals surface area contributed by atoms with Crippen LogP contribution in [0.5, 0.6) is 5.88 Å². The van der Waals surface area contributed by atoms with Crippen LogP contribution >= 0.6 is 0 Å². The van der Waals surface area contributed by atoms with E-state index in [0.29, 0.717) is 31.1 Å². The summed E-state index contributed by atoms with van der Waals surface area (Å²) in [6, 6.07) is 7.16. The first kappa shape index (κ1) is 15.4. The van der Waals surface area contributed by atoms with Crippen molar-refractivity contribution in [1.82, 2.24) is 4.98 Å². The van der Waals surface area contributed by atoms with Crippen molar-refractivity contribution in [2.75, 3.05) is 38.8 Å². The van der Waals surface area contributed by atoms with E-state index in [4.69, 9.17) is 18.6 Å². The smallest absolute Gasteiger partial charge is 0.343 e. The number of hydrogen-bond donors (Lipinski definition) is 0. The summed E-state index contributed by atoms with van der Waals surface area (Å²) in [6.45, 7) is 1.88. The fourth-order valence-electron chi connectivity index (χ4n) is 2.53.